The Balaban J connectivity index is 3.70. The van der Waals surface area contributed by atoms with Gasteiger partial charge in [0.1, 0.15) is 12.6 Å². The fourth-order valence-corrected chi connectivity index (χ4v) is 1.03. The average molecular weight is 190 g/mol. The number of likely N-dealkylation sites (N-methyl/N-ethyl adjacent to an activating group) is 1. The van der Waals surface area contributed by atoms with Gasteiger partial charge in [-0.15, -0.1) is 0 Å². The van der Waals surface area contributed by atoms with Crippen molar-refractivity contribution in [3.63, 3.8) is 0 Å². The van der Waals surface area contributed by atoms with Crippen LogP contribution in [0.3, 0.4) is 0 Å². The molecular formula is C10H24NO2+. The summed E-state index contributed by atoms with van der Waals surface area (Å²) in [4.78, 5) is 0. The molecule has 0 bridgehead atoms. The van der Waals surface area contributed by atoms with E-state index in [4.69, 9.17) is 4.74 Å². The Hall–Kier alpha value is -0.120. The van der Waals surface area contributed by atoms with Crippen LogP contribution in [-0.2, 0) is 4.74 Å². The molecule has 13 heavy (non-hydrogen) atoms. The predicted octanol–water partition coefficient (Wildman–Crippen LogP) is 0.869. The summed E-state index contributed by atoms with van der Waals surface area (Å²) >= 11 is 0. The summed E-state index contributed by atoms with van der Waals surface area (Å²) in [6, 6.07) is 0. The van der Waals surface area contributed by atoms with E-state index in [9.17, 15) is 5.11 Å². The maximum Gasteiger partial charge on any atom is 0.126 e. The lowest BCUT2D eigenvalue weighted by atomic mass is 10.2. The van der Waals surface area contributed by atoms with Gasteiger partial charge in [0.25, 0.3) is 0 Å². The number of aliphatic hydroxyl groups excluding tert-OH is 1. The molecule has 0 fully saturated rings. The molecule has 0 aliphatic heterocycles. The van der Waals surface area contributed by atoms with Crippen LogP contribution in [0.25, 0.3) is 0 Å². The van der Waals surface area contributed by atoms with Gasteiger partial charge in [0.2, 0.25) is 0 Å². The third-order valence-electron chi connectivity index (χ3n) is 1.47. The Kier molecular flexibility index (Phi) is 4.36. The first-order valence-electron chi connectivity index (χ1n) is 4.73. The predicted molar refractivity (Wildman–Crippen MR) is 54.6 cm³/mol. The standard InChI is InChI=1S/C10H24NO2/c1-10(2,3)13-8-9(12)7-11(4,5)6/h9,12H,7-8H2,1-6H3/q+1. The van der Waals surface area contributed by atoms with Crippen LogP contribution in [0.5, 0.6) is 0 Å². The Labute approximate surface area is 81.9 Å². The van der Waals surface area contributed by atoms with Crippen LogP contribution in [-0.4, -0.2) is 55.6 Å². The molecule has 3 heteroatoms. The minimum Gasteiger partial charge on any atom is -0.385 e. The third kappa shape index (κ3) is 9.80. The van der Waals surface area contributed by atoms with Crippen molar-refractivity contribution in [2.45, 2.75) is 32.5 Å². The van der Waals surface area contributed by atoms with Gasteiger partial charge in [-0.1, -0.05) is 0 Å². The lowest BCUT2D eigenvalue weighted by Crippen LogP contribution is -2.43. The maximum atomic E-state index is 9.61. The highest BCUT2D eigenvalue weighted by Gasteiger charge is 2.18. The first kappa shape index (κ1) is 12.9. The van der Waals surface area contributed by atoms with Crippen molar-refractivity contribution in [3.05, 3.63) is 0 Å². The molecule has 0 heterocycles. The van der Waals surface area contributed by atoms with Crippen molar-refractivity contribution >= 4 is 0 Å². The van der Waals surface area contributed by atoms with Gasteiger partial charge < -0.3 is 14.3 Å². The molecule has 0 amide bonds. The van der Waals surface area contributed by atoms with Gasteiger partial charge in [-0.05, 0) is 20.8 Å². The molecule has 0 spiro atoms. The topological polar surface area (TPSA) is 29.5 Å². The van der Waals surface area contributed by atoms with Gasteiger partial charge in [-0.3, -0.25) is 0 Å². The highest BCUT2D eigenvalue weighted by molar-refractivity contribution is 4.61. The highest BCUT2D eigenvalue weighted by atomic mass is 16.5. The molecule has 0 aromatic carbocycles. The van der Waals surface area contributed by atoms with Gasteiger partial charge in [-0.2, -0.15) is 0 Å². The zero-order valence-corrected chi connectivity index (χ0v) is 9.79. The van der Waals surface area contributed by atoms with E-state index in [0.717, 1.165) is 11.0 Å². The van der Waals surface area contributed by atoms with Crippen LogP contribution in [0.4, 0.5) is 0 Å². The van der Waals surface area contributed by atoms with E-state index in [2.05, 4.69) is 21.1 Å². The largest absolute Gasteiger partial charge is 0.385 e. The second-order valence-corrected chi connectivity index (χ2v) is 5.55. The fourth-order valence-electron chi connectivity index (χ4n) is 1.03. The molecular weight excluding hydrogens is 166 g/mol. The van der Waals surface area contributed by atoms with Crippen LogP contribution in [0, 0.1) is 0 Å². The molecule has 0 saturated heterocycles. The molecule has 0 saturated carbocycles. The molecule has 0 aliphatic rings. The second kappa shape index (κ2) is 4.40. The van der Waals surface area contributed by atoms with Gasteiger partial charge >= 0.3 is 0 Å². The zero-order valence-electron chi connectivity index (χ0n) is 9.79. The van der Waals surface area contributed by atoms with Crippen molar-refractivity contribution in [1.82, 2.24) is 0 Å². The molecule has 1 atom stereocenters. The first-order valence-corrected chi connectivity index (χ1v) is 4.73. The summed E-state index contributed by atoms with van der Waals surface area (Å²) in [5.74, 6) is 0. The van der Waals surface area contributed by atoms with E-state index in [0.29, 0.717) is 6.61 Å². The average Bonchev–Trinajstić information content (AvgIpc) is 1.78. The van der Waals surface area contributed by atoms with Crippen molar-refractivity contribution in [1.29, 1.82) is 0 Å². The van der Waals surface area contributed by atoms with Crippen LogP contribution in [0.2, 0.25) is 0 Å². The highest BCUT2D eigenvalue weighted by Crippen LogP contribution is 2.07. The van der Waals surface area contributed by atoms with Crippen LogP contribution < -0.4 is 0 Å². The Morgan fingerprint density at radius 3 is 2.00 bits per heavy atom. The van der Waals surface area contributed by atoms with E-state index in [1.165, 1.54) is 0 Å². The Morgan fingerprint density at radius 2 is 1.69 bits per heavy atom. The minimum atomic E-state index is -0.376. The van der Waals surface area contributed by atoms with E-state index in [-0.39, 0.29) is 11.7 Å². The monoisotopic (exact) mass is 190 g/mol. The zero-order chi connectivity index (χ0) is 10.7. The van der Waals surface area contributed by atoms with Gasteiger partial charge in [0.15, 0.2) is 0 Å². The summed E-state index contributed by atoms with van der Waals surface area (Å²) in [6.07, 6.45) is -0.376. The van der Waals surface area contributed by atoms with Crippen molar-refractivity contribution in [2.75, 3.05) is 34.3 Å². The fraction of sp³-hybridized carbons (Fsp3) is 1.00. The van der Waals surface area contributed by atoms with Crippen molar-refractivity contribution < 1.29 is 14.3 Å². The molecule has 0 aliphatic carbocycles. The first-order chi connectivity index (χ1) is 5.60. The molecule has 3 nitrogen and oxygen atoms in total. The molecule has 0 radical (unpaired) electrons. The number of hydrogen-bond donors (Lipinski definition) is 1. The van der Waals surface area contributed by atoms with Gasteiger partial charge in [0, 0.05) is 0 Å². The number of hydrogen-bond acceptors (Lipinski definition) is 2. The molecule has 0 aromatic rings. The normalized spacial score (nSPS) is 15.9. The lowest BCUT2D eigenvalue weighted by molar-refractivity contribution is -0.873. The SMILES string of the molecule is CC(C)(C)OCC(O)C[N+](C)(C)C. The van der Waals surface area contributed by atoms with Crippen LogP contribution in [0.15, 0.2) is 0 Å². The number of rotatable bonds is 4. The number of quaternary nitrogens is 1. The maximum absolute atomic E-state index is 9.61. The molecule has 1 N–H and O–H groups in total. The third-order valence-corrected chi connectivity index (χ3v) is 1.47. The quantitative estimate of drug-likeness (QED) is 0.667. The molecule has 0 rings (SSSR count). The lowest BCUT2D eigenvalue weighted by Gasteiger charge is -2.28. The second-order valence-electron chi connectivity index (χ2n) is 5.55. The number of nitrogens with zero attached hydrogens (tertiary/aromatic N) is 1. The summed E-state index contributed by atoms with van der Waals surface area (Å²) in [6.45, 7) is 7.11. The number of aliphatic hydroxyl groups is 1. The summed E-state index contributed by atoms with van der Waals surface area (Å²) in [7, 11) is 6.17. The van der Waals surface area contributed by atoms with Gasteiger partial charge in [-0.25, -0.2) is 0 Å². The van der Waals surface area contributed by atoms with E-state index in [1.807, 2.05) is 20.8 Å². The smallest absolute Gasteiger partial charge is 0.126 e. The van der Waals surface area contributed by atoms with Crippen molar-refractivity contribution in [3.8, 4) is 0 Å². The Bertz CT molecular complexity index is 144. The van der Waals surface area contributed by atoms with Gasteiger partial charge in [0.05, 0.1) is 33.4 Å². The van der Waals surface area contributed by atoms with Crippen LogP contribution in [0.1, 0.15) is 20.8 Å². The minimum absolute atomic E-state index is 0.161. The summed E-state index contributed by atoms with van der Waals surface area (Å²) < 4.78 is 6.24. The summed E-state index contributed by atoms with van der Waals surface area (Å²) in [5, 5.41) is 9.61. The Morgan fingerprint density at radius 1 is 1.23 bits per heavy atom. The molecule has 0 aromatic heterocycles. The van der Waals surface area contributed by atoms with E-state index in [1.54, 1.807) is 0 Å². The van der Waals surface area contributed by atoms with E-state index < -0.39 is 0 Å². The summed E-state index contributed by atoms with van der Waals surface area (Å²) in [5.41, 5.74) is -0.161. The van der Waals surface area contributed by atoms with Crippen molar-refractivity contribution in [2.24, 2.45) is 0 Å². The molecule has 1 unspecified atom stereocenters. The van der Waals surface area contributed by atoms with Crippen LogP contribution >= 0.6 is 0 Å². The molecule has 80 valence electrons. The number of ether oxygens (including phenoxy) is 1. The van der Waals surface area contributed by atoms with E-state index >= 15 is 0 Å².